The van der Waals surface area contributed by atoms with Crippen LogP contribution in [0.2, 0.25) is 0 Å². The summed E-state index contributed by atoms with van der Waals surface area (Å²) in [6.07, 6.45) is -1.60. The van der Waals surface area contributed by atoms with E-state index in [1.54, 1.807) is 20.8 Å². The average molecular weight is 328 g/mol. The molecule has 0 aliphatic heterocycles. The molecule has 1 amide bonds. The third kappa shape index (κ3) is 5.89. The quantitative estimate of drug-likeness (QED) is 0.633. The maximum atomic E-state index is 13.9. The first kappa shape index (κ1) is 18.3. The predicted octanol–water partition coefficient (Wildman–Crippen LogP) is 2.77. The Morgan fingerprint density at radius 2 is 2.04 bits per heavy atom. The highest BCUT2D eigenvalue weighted by Gasteiger charge is 2.26. The summed E-state index contributed by atoms with van der Waals surface area (Å²) in [5.41, 5.74) is -1.55. The van der Waals surface area contributed by atoms with Gasteiger partial charge in [0.15, 0.2) is 0 Å². The van der Waals surface area contributed by atoms with E-state index in [9.17, 15) is 24.1 Å². The van der Waals surface area contributed by atoms with E-state index in [4.69, 9.17) is 9.84 Å². The molecule has 2 N–H and O–H groups in total. The highest BCUT2D eigenvalue weighted by Crippen LogP contribution is 2.25. The molecule has 0 unspecified atom stereocenters. The molecule has 0 heterocycles. The first-order valence-electron chi connectivity index (χ1n) is 6.65. The first-order chi connectivity index (χ1) is 10.5. The second kappa shape index (κ2) is 7.03. The Labute approximate surface area is 131 Å². The molecule has 1 atom stereocenters. The number of nitro benzene ring substituents is 1. The van der Waals surface area contributed by atoms with Gasteiger partial charge in [0, 0.05) is 17.7 Å². The van der Waals surface area contributed by atoms with Gasteiger partial charge in [-0.05, 0) is 26.8 Å². The summed E-state index contributed by atoms with van der Waals surface area (Å²) in [7, 11) is 0. The zero-order chi connectivity index (χ0) is 17.8. The fourth-order valence-corrected chi connectivity index (χ4v) is 1.77. The van der Waals surface area contributed by atoms with Crippen molar-refractivity contribution in [3.63, 3.8) is 0 Å². The van der Waals surface area contributed by atoms with E-state index < -0.39 is 46.6 Å². The Kier molecular flexibility index (Phi) is 5.61. The second-order valence-corrected chi connectivity index (χ2v) is 5.76. The number of halogens is 1. The Morgan fingerprint density at radius 3 is 2.52 bits per heavy atom. The van der Waals surface area contributed by atoms with E-state index in [0.717, 1.165) is 18.2 Å². The first-order valence-corrected chi connectivity index (χ1v) is 6.65. The monoisotopic (exact) mass is 328 g/mol. The van der Waals surface area contributed by atoms with Crippen LogP contribution in [0.3, 0.4) is 0 Å². The summed E-state index contributed by atoms with van der Waals surface area (Å²) in [4.78, 5) is 32.7. The van der Waals surface area contributed by atoms with Gasteiger partial charge in [-0.15, -0.1) is 0 Å². The molecule has 0 bridgehead atoms. The molecule has 126 valence electrons. The number of carboxylic acid groups (broad SMARTS) is 1. The van der Waals surface area contributed by atoms with Crippen LogP contribution in [0.1, 0.15) is 38.8 Å². The van der Waals surface area contributed by atoms with Crippen LogP contribution in [0.15, 0.2) is 18.2 Å². The van der Waals surface area contributed by atoms with Crippen LogP contribution >= 0.6 is 0 Å². The van der Waals surface area contributed by atoms with E-state index in [0.29, 0.717) is 0 Å². The Morgan fingerprint density at radius 1 is 1.43 bits per heavy atom. The van der Waals surface area contributed by atoms with Crippen LogP contribution in [0.5, 0.6) is 0 Å². The summed E-state index contributed by atoms with van der Waals surface area (Å²) >= 11 is 0. The molecular weight excluding hydrogens is 311 g/mol. The van der Waals surface area contributed by atoms with Crippen LogP contribution in [-0.4, -0.2) is 27.7 Å². The number of nitro groups is 1. The molecule has 0 aliphatic rings. The predicted molar refractivity (Wildman–Crippen MR) is 77.4 cm³/mol. The van der Waals surface area contributed by atoms with Gasteiger partial charge in [-0.2, -0.15) is 0 Å². The summed E-state index contributed by atoms with van der Waals surface area (Å²) in [6.45, 7) is 4.81. The minimum absolute atomic E-state index is 0.299. The largest absolute Gasteiger partial charge is 0.481 e. The lowest BCUT2D eigenvalue weighted by Crippen LogP contribution is -2.36. The highest BCUT2D eigenvalue weighted by molar-refractivity contribution is 5.72. The van der Waals surface area contributed by atoms with Gasteiger partial charge < -0.3 is 15.2 Å². The molecule has 1 aromatic carbocycles. The SMILES string of the molecule is CC(C)(C)OC(=O)N[C@@H](CC(=O)O)c1cc([N+](=O)[O-])ccc1F. The number of benzene rings is 1. The molecule has 0 saturated heterocycles. The van der Waals surface area contributed by atoms with E-state index in [1.807, 2.05) is 0 Å². The number of hydrogen-bond acceptors (Lipinski definition) is 5. The van der Waals surface area contributed by atoms with Gasteiger partial charge in [-0.1, -0.05) is 0 Å². The summed E-state index contributed by atoms with van der Waals surface area (Å²) in [5.74, 6) is -2.17. The second-order valence-electron chi connectivity index (χ2n) is 5.76. The summed E-state index contributed by atoms with van der Waals surface area (Å²) < 4.78 is 18.9. The van der Waals surface area contributed by atoms with Crippen molar-refractivity contribution < 1.29 is 28.7 Å². The van der Waals surface area contributed by atoms with Crippen molar-refractivity contribution in [3.05, 3.63) is 39.7 Å². The van der Waals surface area contributed by atoms with Crippen LogP contribution in [0, 0.1) is 15.9 Å². The fourth-order valence-electron chi connectivity index (χ4n) is 1.77. The lowest BCUT2D eigenvalue weighted by atomic mass is 10.0. The topological polar surface area (TPSA) is 119 Å². The van der Waals surface area contributed by atoms with Crippen molar-refractivity contribution >= 4 is 17.7 Å². The number of rotatable bonds is 5. The van der Waals surface area contributed by atoms with Gasteiger partial charge in [0.25, 0.3) is 5.69 Å². The van der Waals surface area contributed by atoms with Crippen LogP contribution in [0.4, 0.5) is 14.9 Å². The van der Waals surface area contributed by atoms with Crippen LogP contribution in [0.25, 0.3) is 0 Å². The Hall–Kier alpha value is -2.71. The molecule has 0 saturated carbocycles. The Balaban J connectivity index is 3.11. The lowest BCUT2D eigenvalue weighted by molar-refractivity contribution is -0.385. The molecule has 0 aromatic heterocycles. The maximum Gasteiger partial charge on any atom is 0.408 e. The summed E-state index contributed by atoms with van der Waals surface area (Å²) in [6, 6.07) is 1.38. The van der Waals surface area contributed by atoms with Crippen molar-refractivity contribution in [1.29, 1.82) is 0 Å². The molecule has 0 aliphatic carbocycles. The third-order valence-electron chi connectivity index (χ3n) is 2.64. The molecule has 1 aromatic rings. The fraction of sp³-hybridized carbons (Fsp3) is 0.429. The van der Waals surface area contributed by atoms with Gasteiger partial charge in [0.05, 0.1) is 17.4 Å². The van der Waals surface area contributed by atoms with E-state index in [-0.39, 0.29) is 5.56 Å². The molecule has 1 rings (SSSR count). The molecular formula is C14H17FN2O6. The van der Waals surface area contributed by atoms with Crippen molar-refractivity contribution in [2.45, 2.75) is 38.8 Å². The number of nitrogens with zero attached hydrogens (tertiary/aromatic N) is 1. The van der Waals surface area contributed by atoms with Gasteiger partial charge in [0.2, 0.25) is 0 Å². The van der Waals surface area contributed by atoms with Crippen molar-refractivity contribution in [1.82, 2.24) is 5.32 Å². The standard InChI is InChI=1S/C14H17FN2O6/c1-14(2,3)23-13(20)16-11(7-12(18)19)9-6-8(17(21)22)4-5-10(9)15/h4-6,11H,7H2,1-3H3,(H,16,20)(H,18,19)/t11-/m0/s1. The molecule has 9 heteroatoms. The van der Waals surface area contributed by atoms with Gasteiger partial charge >= 0.3 is 12.1 Å². The molecule has 23 heavy (non-hydrogen) atoms. The van der Waals surface area contributed by atoms with E-state index in [2.05, 4.69) is 5.32 Å². The molecule has 0 spiro atoms. The number of amides is 1. The third-order valence-corrected chi connectivity index (χ3v) is 2.64. The Bertz CT molecular complexity index is 626. The van der Waals surface area contributed by atoms with Crippen LogP contribution < -0.4 is 5.32 Å². The van der Waals surface area contributed by atoms with E-state index in [1.165, 1.54) is 0 Å². The lowest BCUT2D eigenvalue weighted by Gasteiger charge is -2.23. The minimum Gasteiger partial charge on any atom is -0.481 e. The zero-order valence-corrected chi connectivity index (χ0v) is 12.8. The number of carbonyl (C=O) groups is 2. The highest BCUT2D eigenvalue weighted by atomic mass is 19.1. The van der Waals surface area contributed by atoms with Gasteiger partial charge in [0.1, 0.15) is 11.4 Å². The molecule has 0 radical (unpaired) electrons. The minimum atomic E-state index is -1.31. The molecule has 8 nitrogen and oxygen atoms in total. The maximum absolute atomic E-state index is 13.9. The number of ether oxygens (including phenoxy) is 1. The van der Waals surface area contributed by atoms with Crippen molar-refractivity contribution in [2.75, 3.05) is 0 Å². The number of hydrogen-bond donors (Lipinski definition) is 2. The van der Waals surface area contributed by atoms with Gasteiger partial charge in [-0.25, -0.2) is 9.18 Å². The van der Waals surface area contributed by atoms with Crippen molar-refractivity contribution in [3.8, 4) is 0 Å². The number of alkyl carbamates (subject to hydrolysis) is 1. The van der Waals surface area contributed by atoms with Crippen LogP contribution in [-0.2, 0) is 9.53 Å². The normalized spacial score (nSPS) is 12.3. The number of aliphatic carboxylic acids is 1. The average Bonchev–Trinajstić information content (AvgIpc) is 2.35. The zero-order valence-electron chi connectivity index (χ0n) is 12.8. The summed E-state index contributed by atoms with van der Waals surface area (Å²) in [5, 5.41) is 21.9. The number of nitrogens with one attached hydrogen (secondary N) is 1. The smallest absolute Gasteiger partial charge is 0.408 e. The van der Waals surface area contributed by atoms with Crippen molar-refractivity contribution in [2.24, 2.45) is 0 Å². The number of carbonyl (C=O) groups excluding carboxylic acids is 1. The molecule has 0 fully saturated rings. The van der Waals surface area contributed by atoms with Gasteiger partial charge in [-0.3, -0.25) is 14.9 Å². The van der Waals surface area contributed by atoms with E-state index >= 15 is 0 Å². The number of carboxylic acids is 1. The number of non-ortho nitro benzene ring substituents is 1.